The summed E-state index contributed by atoms with van der Waals surface area (Å²) in [6.07, 6.45) is 1.74. The normalized spacial score (nSPS) is 17.0. The lowest BCUT2D eigenvalue weighted by atomic mass is 10.1. The van der Waals surface area contributed by atoms with E-state index in [0.29, 0.717) is 25.2 Å². The van der Waals surface area contributed by atoms with Gasteiger partial charge in [-0.15, -0.1) is 0 Å². The Bertz CT molecular complexity index is 990. The van der Waals surface area contributed by atoms with Gasteiger partial charge < -0.3 is 15.0 Å². The number of amides is 2. The van der Waals surface area contributed by atoms with E-state index < -0.39 is 11.7 Å². The summed E-state index contributed by atoms with van der Waals surface area (Å²) in [5, 5.41) is 3.54. The topological polar surface area (TPSA) is 93.5 Å². The Morgan fingerprint density at radius 2 is 2.03 bits per heavy atom. The van der Waals surface area contributed by atoms with Crippen molar-refractivity contribution in [3.63, 3.8) is 0 Å². The molecule has 0 aliphatic carbocycles. The number of carbonyl (C=O) groups excluding carboxylic acids is 2. The molecule has 29 heavy (non-hydrogen) atoms. The first-order valence-corrected chi connectivity index (χ1v) is 9.86. The fraction of sp³-hybridized carbons (Fsp3) is 0.524. The number of alkyl carbamates (subject to hydrolysis) is 1. The molecular weight excluding hydrogens is 372 g/mol. The summed E-state index contributed by atoms with van der Waals surface area (Å²) in [5.74, 6) is -0.330. The van der Waals surface area contributed by atoms with Crippen molar-refractivity contribution in [1.82, 2.24) is 19.8 Å². The second-order valence-electron chi connectivity index (χ2n) is 8.63. The first-order valence-electron chi connectivity index (χ1n) is 9.86. The number of rotatable bonds is 3. The molecular formula is C21H28N4O4. The van der Waals surface area contributed by atoms with Crippen molar-refractivity contribution in [1.29, 1.82) is 0 Å². The van der Waals surface area contributed by atoms with Crippen molar-refractivity contribution in [2.75, 3.05) is 13.1 Å². The predicted molar refractivity (Wildman–Crippen MR) is 110 cm³/mol. The minimum Gasteiger partial charge on any atom is -0.444 e. The molecule has 8 heteroatoms. The Hall–Kier alpha value is -2.90. The number of hydrogen-bond acceptors (Lipinski definition) is 5. The molecule has 2 aromatic heterocycles. The van der Waals surface area contributed by atoms with Crippen LogP contribution in [0.5, 0.6) is 0 Å². The Morgan fingerprint density at radius 3 is 2.69 bits per heavy atom. The number of aromatic nitrogens is 2. The molecule has 1 saturated heterocycles. The summed E-state index contributed by atoms with van der Waals surface area (Å²) in [7, 11) is 0. The van der Waals surface area contributed by atoms with Gasteiger partial charge in [0.1, 0.15) is 16.8 Å². The maximum Gasteiger partial charge on any atom is 0.407 e. The first-order chi connectivity index (χ1) is 13.6. The van der Waals surface area contributed by atoms with E-state index in [1.165, 1.54) is 0 Å². The molecule has 2 aromatic rings. The molecule has 3 rings (SSSR count). The molecule has 2 amide bonds. The molecule has 0 saturated carbocycles. The standard InChI is InChI=1S/C21H28N4O4/c1-13(2)25-17-14(7-6-9-22-17)11-16(19(25)27)18(26)24-10-8-15(12-24)23-20(28)29-21(3,4)5/h6-7,9,11,13,15H,8,10,12H2,1-5H3,(H,23,28). The van der Waals surface area contributed by atoms with Crippen molar-refractivity contribution < 1.29 is 14.3 Å². The van der Waals surface area contributed by atoms with E-state index >= 15 is 0 Å². The highest BCUT2D eigenvalue weighted by Gasteiger charge is 2.31. The van der Waals surface area contributed by atoms with E-state index in [9.17, 15) is 14.4 Å². The van der Waals surface area contributed by atoms with Crippen LogP contribution in [0.2, 0.25) is 0 Å². The third-order valence-electron chi connectivity index (χ3n) is 4.74. The van der Waals surface area contributed by atoms with Gasteiger partial charge in [0.2, 0.25) is 0 Å². The fourth-order valence-corrected chi connectivity index (χ4v) is 3.51. The molecule has 0 aromatic carbocycles. The number of ether oxygens (including phenoxy) is 1. The number of fused-ring (bicyclic) bond motifs is 1. The van der Waals surface area contributed by atoms with Crippen LogP contribution in [0.3, 0.4) is 0 Å². The quantitative estimate of drug-likeness (QED) is 0.855. The zero-order chi connectivity index (χ0) is 21.3. The van der Waals surface area contributed by atoms with E-state index in [4.69, 9.17) is 4.74 Å². The lowest BCUT2D eigenvalue weighted by molar-refractivity contribution is 0.0502. The summed E-state index contributed by atoms with van der Waals surface area (Å²) in [4.78, 5) is 44.0. The Kier molecular flexibility index (Phi) is 5.64. The average Bonchev–Trinajstić information content (AvgIpc) is 3.06. The molecule has 1 aliphatic rings. The van der Waals surface area contributed by atoms with Crippen molar-refractivity contribution in [2.45, 2.75) is 58.7 Å². The number of pyridine rings is 2. The van der Waals surface area contributed by atoms with Gasteiger partial charge in [0.15, 0.2) is 0 Å². The highest BCUT2D eigenvalue weighted by Crippen LogP contribution is 2.18. The summed E-state index contributed by atoms with van der Waals surface area (Å²) in [6.45, 7) is 9.97. The highest BCUT2D eigenvalue weighted by atomic mass is 16.6. The smallest absolute Gasteiger partial charge is 0.407 e. The number of nitrogens with one attached hydrogen (secondary N) is 1. The summed E-state index contributed by atoms with van der Waals surface area (Å²) < 4.78 is 6.83. The van der Waals surface area contributed by atoms with E-state index in [1.807, 2.05) is 19.9 Å². The van der Waals surface area contributed by atoms with E-state index in [2.05, 4.69) is 10.3 Å². The van der Waals surface area contributed by atoms with Crippen LogP contribution in [0.1, 0.15) is 57.4 Å². The lowest BCUT2D eigenvalue weighted by Gasteiger charge is -2.22. The number of carbonyl (C=O) groups is 2. The van der Waals surface area contributed by atoms with Gasteiger partial charge in [-0.05, 0) is 59.2 Å². The summed E-state index contributed by atoms with van der Waals surface area (Å²) >= 11 is 0. The van der Waals surface area contributed by atoms with E-state index in [-0.39, 0.29) is 29.1 Å². The molecule has 156 valence electrons. The van der Waals surface area contributed by atoms with Crippen molar-refractivity contribution in [3.8, 4) is 0 Å². The van der Waals surface area contributed by atoms with Gasteiger partial charge in [-0.3, -0.25) is 14.2 Å². The van der Waals surface area contributed by atoms with Gasteiger partial charge in [-0.1, -0.05) is 0 Å². The van der Waals surface area contributed by atoms with Crippen LogP contribution in [-0.2, 0) is 4.74 Å². The number of nitrogens with zero attached hydrogens (tertiary/aromatic N) is 3. The van der Waals surface area contributed by atoms with E-state index in [0.717, 1.165) is 5.39 Å². The van der Waals surface area contributed by atoms with Gasteiger partial charge in [-0.2, -0.15) is 0 Å². The maximum atomic E-state index is 13.1. The van der Waals surface area contributed by atoms with Gasteiger partial charge in [0, 0.05) is 30.7 Å². The van der Waals surface area contributed by atoms with Crippen LogP contribution in [0, 0.1) is 0 Å². The minimum absolute atomic E-state index is 0.122. The van der Waals surface area contributed by atoms with Crippen LogP contribution < -0.4 is 10.9 Å². The fourth-order valence-electron chi connectivity index (χ4n) is 3.51. The van der Waals surface area contributed by atoms with Crippen LogP contribution in [0.25, 0.3) is 11.0 Å². The third-order valence-corrected chi connectivity index (χ3v) is 4.74. The maximum absolute atomic E-state index is 13.1. The zero-order valence-corrected chi connectivity index (χ0v) is 17.6. The highest BCUT2D eigenvalue weighted by molar-refractivity contribution is 5.97. The molecule has 3 heterocycles. The van der Waals surface area contributed by atoms with Crippen molar-refractivity contribution in [2.24, 2.45) is 0 Å². The van der Waals surface area contributed by atoms with Crippen LogP contribution in [0.4, 0.5) is 4.79 Å². The van der Waals surface area contributed by atoms with Crippen molar-refractivity contribution >= 4 is 23.0 Å². The first kappa shape index (κ1) is 20.8. The van der Waals surface area contributed by atoms with Crippen LogP contribution >= 0.6 is 0 Å². The van der Waals surface area contributed by atoms with E-state index in [1.54, 1.807) is 48.6 Å². The zero-order valence-electron chi connectivity index (χ0n) is 17.6. The van der Waals surface area contributed by atoms with Crippen molar-refractivity contribution in [3.05, 3.63) is 40.3 Å². The number of likely N-dealkylation sites (tertiary alicyclic amines) is 1. The lowest BCUT2D eigenvalue weighted by Crippen LogP contribution is -2.42. The molecule has 1 unspecified atom stereocenters. The second kappa shape index (κ2) is 7.85. The summed E-state index contributed by atoms with van der Waals surface area (Å²) in [6, 6.07) is 4.90. The summed E-state index contributed by atoms with van der Waals surface area (Å²) in [5.41, 5.74) is -0.244. The monoisotopic (exact) mass is 400 g/mol. The van der Waals surface area contributed by atoms with Crippen LogP contribution in [-0.4, -0.2) is 51.2 Å². The van der Waals surface area contributed by atoms with Gasteiger partial charge in [0.25, 0.3) is 11.5 Å². The average molecular weight is 400 g/mol. The molecule has 1 fully saturated rings. The molecule has 0 spiro atoms. The van der Waals surface area contributed by atoms with Crippen LogP contribution in [0.15, 0.2) is 29.2 Å². The SMILES string of the molecule is CC(C)n1c(=O)c(C(=O)N2CCC(NC(=O)OC(C)(C)C)C2)cc2cccnc21. The van der Waals surface area contributed by atoms with Gasteiger partial charge in [-0.25, -0.2) is 9.78 Å². The number of hydrogen-bond donors (Lipinski definition) is 1. The molecule has 0 bridgehead atoms. The largest absolute Gasteiger partial charge is 0.444 e. The third kappa shape index (κ3) is 4.58. The van der Waals surface area contributed by atoms with Gasteiger partial charge >= 0.3 is 6.09 Å². The van der Waals surface area contributed by atoms with Gasteiger partial charge in [0.05, 0.1) is 6.04 Å². The second-order valence-corrected chi connectivity index (χ2v) is 8.63. The predicted octanol–water partition coefficient (Wildman–Crippen LogP) is 2.72. The molecule has 1 atom stereocenters. The molecule has 0 radical (unpaired) electrons. The molecule has 1 aliphatic heterocycles. The Balaban J connectivity index is 1.81. The molecule has 8 nitrogen and oxygen atoms in total. The Morgan fingerprint density at radius 1 is 1.31 bits per heavy atom. The Labute approximate surface area is 169 Å². The minimum atomic E-state index is -0.584. The molecule has 1 N–H and O–H groups in total.